The average Bonchev–Trinajstić information content (AvgIpc) is 2.31. The number of rotatable bonds is 3. The van der Waals surface area contributed by atoms with Crippen LogP contribution in [0.5, 0.6) is 5.75 Å². The largest absolute Gasteiger partial charge is 0.494 e. The number of pyridine rings is 1. The Kier molecular flexibility index (Phi) is 3.89. The monoisotopic (exact) mass is 223 g/mol. The minimum atomic E-state index is 0.773. The zero-order valence-electron chi connectivity index (χ0n) is 9.11. The first-order valence-corrected chi connectivity index (χ1v) is 6.43. The zero-order chi connectivity index (χ0) is 10.5. The average molecular weight is 223 g/mol. The highest BCUT2D eigenvalue weighted by molar-refractivity contribution is 8.00. The molecule has 0 atom stereocenters. The lowest BCUT2D eigenvalue weighted by molar-refractivity contribution is 0.402. The molecule has 1 aliphatic carbocycles. The van der Waals surface area contributed by atoms with Crippen molar-refractivity contribution in [3.8, 4) is 5.75 Å². The van der Waals surface area contributed by atoms with Crippen LogP contribution in [0.3, 0.4) is 0 Å². The van der Waals surface area contributed by atoms with Crippen molar-refractivity contribution >= 4 is 11.8 Å². The van der Waals surface area contributed by atoms with Crippen LogP contribution in [-0.2, 0) is 0 Å². The summed E-state index contributed by atoms with van der Waals surface area (Å²) in [6.07, 6.45) is 10.5. The van der Waals surface area contributed by atoms with Crippen LogP contribution in [0.4, 0.5) is 0 Å². The van der Waals surface area contributed by atoms with Gasteiger partial charge in [0.15, 0.2) is 5.75 Å². The number of ether oxygens (including phenoxy) is 1. The predicted octanol–water partition coefficient (Wildman–Crippen LogP) is 3.52. The van der Waals surface area contributed by atoms with Crippen molar-refractivity contribution in [3.63, 3.8) is 0 Å². The van der Waals surface area contributed by atoms with Gasteiger partial charge in [-0.25, -0.2) is 0 Å². The van der Waals surface area contributed by atoms with Gasteiger partial charge in [0, 0.05) is 11.4 Å². The molecule has 82 valence electrons. The third-order valence-electron chi connectivity index (χ3n) is 2.81. The molecule has 0 aliphatic heterocycles. The number of thioether (sulfide) groups is 1. The van der Waals surface area contributed by atoms with Gasteiger partial charge in [-0.3, -0.25) is 4.98 Å². The van der Waals surface area contributed by atoms with Crippen molar-refractivity contribution in [3.05, 3.63) is 18.5 Å². The fourth-order valence-electron chi connectivity index (χ4n) is 1.98. The molecule has 0 radical (unpaired) electrons. The molecule has 1 saturated carbocycles. The van der Waals surface area contributed by atoms with Gasteiger partial charge in [-0.15, -0.1) is 11.8 Å². The summed E-state index contributed by atoms with van der Waals surface area (Å²) in [7, 11) is 1.71. The van der Waals surface area contributed by atoms with E-state index in [1.54, 1.807) is 13.3 Å². The van der Waals surface area contributed by atoms with Gasteiger partial charge in [-0.2, -0.15) is 0 Å². The van der Waals surface area contributed by atoms with Gasteiger partial charge in [-0.1, -0.05) is 19.3 Å². The van der Waals surface area contributed by atoms with E-state index < -0.39 is 0 Å². The number of aromatic nitrogens is 1. The second-order valence-electron chi connectivity index (χ2n) is 3.90. The molecular weight excluding hydrogens is 206 g/mol. The lowest BCUT2D eigenvalue weighted by Gasteiger charge is -2.21. The van der Waals surface area contributed by atoms with E-state index in [2.05, 4.69) is 11.1 Å². The Morgan fingerprint density at radius 3 is 2.87 bits per heavy atom. The number of methoxy groups -OCH3 is 1. The molecule has 0 unspecified atom stereocenters. The van der Waals surface area contributed by atoms with Crippen molar-refractivity contribution < 1.29 is 4.74 Å². The first kappa shape index (κ1) is 10.8. The molecule has 0 N–H and O–H groups in total. The van der Waals surface area contributed by atoms with E-state index in [4.69, 9.17) is 4.74 Å². The Balaban J connectivity index is 2.02. The van der Waals surface area contributed by atoms with E-state index in [9.17, 15) is 0 Å². The predicted molar refractivity (Wildman–Crippen MR) is 63.5 cm³/mol. The molecule has 0 saturated heterocycles. The molecule has 2 rings (SSSR count). The van der Waals surface area contributed by atoms with Crippen molar-refractivity contribution in [2.45, 2.75) is 42.2 Å². The fourth-order valence-corrected chi connectivity index (χ4v) is 3.30. The molecule has 1 aliphatic rings. The van der Waals surface area contributed by atoms with E-state index in [0.29, 0.717) is 0 Å². The van der Waals surface area contributed by atoms with Crippen molar-refractivity contribution in [1.29, 1.82) is 0 Å². The van der Waals surface area contributed by atoms with Crippen molar-refractivity contribution in [1.82, 2.24) is 4.98 Å². The normalized spacial score (nSPS) is 17.7. The molecule has 15 heavy (non-hydrogen) atoms. The molecule has 2 nitrogen and oxygen atoms in total. The van der Waals surface area contributed by atoms with E-state index in [1.165, 1.54) is 37.0 Å². The highest BCUT2D eigenvalue weighted by atomic mass is 32.2. The molecule has 1 heterocycles. The van der Waals surface area contributed by atoms with Gasteiger partial charge < -0.3 is 4.74 Å². The quantitative estimate of drug-likeness (QED) is 0.782. The van der Waals surface area contributed by atoms with E-state index in [0.717, 1.165) is 11.0 Å². The Morgan fingerprint density at radius 2 is 2.13 bits per heavy atom. The topological polar surface area (TPSA) is 22.1 Å². The van der Waals surface area contributed by atoms with Crippen LogP contribution in [0.1, 0.15) is 32.1 Å². The molecule has 0 aromatic carbocycles. The summed E-state index contributed by atoms with van der Waals surface area (Å²) < 4.78 is 5.30. The third-order valence-corrected chi connectivity index (χ3v) is 4.21. The number of hydrogen-bond donors (Lipinski definition) is 0. The molecule has 1 fully saturated rings. The highest BCUT2D eigenvalue weighted by Crippen LogP contribution is 2.37. The first-order valence-electron chi connectivity index (χ1n) is 5.55. The van der Waals surface area contributed by atoms with Gasteiger partial charge >= 0.3 is 0 Å². The van der Waals surface area contributed by atoms with Gasteiger partial charge in [0.05, 0.1) is 18.2 Å². The van der Waals surface area contributed by atoms with E-state index >= 15 is 0 Å². The molecule has 0 spiro atoms. The second-order valence-corrected chi connectivity index (χ2v) is 5.25. The number of nitrogens with zero attached hydrogens (tertiary/aromatic N) is 1. The summed E-state index contributed by atoms with van der Waals surface area (Å²) in [6.45, 7) is 0. The number of hydrogen-bond acceptors (Lipinski definition) is 3. The second kappa shape index (κ2) is 5.40. The molecule has 0 amide bonds. The van der Waals surface area contributed by atoms with Crippen molar-refractivity contribution in [2.24, 2.45) is 0 Å². The standard InChI is InChI=1S/C12H17NOS/c1-14-11-9-13-8-7-12(11)15-10-5-3-2-4-6-10/h7-10H,2-6H2,1H3. The fraction of sp³-hybridized carbons (Fsp3) is 0.583. The van der Waals surface area contributed by atoms with Gasteiger partial charge in [-0.05, 0) is 18.9 Å². The Hall–Kier alpha value is -0.700. The van der Waals surface area contributed by atoms with Gasteiger partial charge in [0.2, 0.25) is 0 Å². The zero-order valence-corrected chi connectivity index (χ0v) is 9.93. The summed E-state index contributed by atoms with van der Waals surface area (Å²) >= 11 is 1.95. The summed E-state index contributed by atoms with van der Waals surface area (Å²) in [4.78, 5) is 5.31. The minimum absolute atomic E-state index is 0.773. The highest BCUT2D eigenvalue weighted by Gasteiger charge is 2.16. The molecule has 1 aromatic heterocycles. The van der Waals surface area contributed by atoms with Crippen LogP contribution >= 0.6 is 11.8 Å². The summed E-state index contributed by atoms with van der Waals surface area (Å²) in [5.41, 5.74) is 0. The van der Waals surface area contributed by atoms with Crippen LogP contribution in [0.25, 0.3) is 0 Å². The lowest BCUT2D eigenvalue weighted by Crippen LogP contribution is -2.07. The molecule has 3 heteroatoms. The van der Waals surface area contributed by atoms with Crippen LogP contribution in [0.15, 0.2) is 23.4 Å². The molecule has 0 bridgehead atoms. The Morgan fingerprint density at radius 1 is 1.33 bits per heavy atom. The van der Waals surface area contributed by atoms with Crippen molar-refractivity contribution in [2.75, 3.05) is 7.11 Å². The first-order chi connectivity index (χ1) is 7.40. The van der Waals surface area contributed by atoms with Crippen LogP contribution < -0.4 is 4.74 Å². The smallest absolute Gasteiger partial charge is 0.150 e. The van der Waals surface area contributed by atoms with Gasteiger partial charge in [0.25, 0.3) is 0 Å². The van der Waals surface area contributed by atoms with Crippen LogP contribution in [0.2, 0.25) is 0 Å². The van der Waals surface area contributed by atoms with E-state index in [1.807, 2.05) is 18.0 Å². The third kappa shape index (κ3) is 2.88. The van der Waals surface area contributed by atoms with Gasteiger partial charge in [0.1, 0.15) is 0 Å². The SMILES string of the molecule is COc1cnccc1SC1CCCCC1. The summed E-state index contributed by atoms with van der Waals surface area (Å²) in [5, 5.41) is 0.773. The lowest BCUT2D eigenvalue weighted by atomic mass is 10.0. The maximum Gasteiger partial charge on any atom is 0.150 e. The minimum Gasteiger partial charge on any atom is -0.494 e. The molecule has 1 aromatic rings. The maximum absolute atomic E-state index is 5.30. The molecular formula is C12H17NOS. The van der Waals surface area contributed by atoms with Crippen LogP contribution in [0, 0.1) is 0 Å². The summed E-state index contributed by atoms with van der Waals surface area (Å²) in [5.74, 6) is 0.910. The Labute approximate surface area is 95.4 Å². The maximum atomic E-state index is 5.30. The van der Waals surface area contributed by atoms with Crippen LogP contribution in [-0.4, -0.2) is 17.3 Å². The Bertz CT molecular complexity index is 310. The van der Waals surface area contributed by atoms with E-state index in [-0.39, 0.29) is 0 Å². The summed E-state index contributed by atoms with van der Waals surface area (Å²) in [6, 6.07) is 2.05.